The second-order valence-electron chi connectivity index (χ2n) is 8.03. The highest BCUT2D eigenvalue weighted by atomic mass is 16.5. The number of para-hydroxylation sites is 1. The molecule has 0 bridgehead atoms. The van der Waals surface area contributed by atoms with Crippen LogP contribution in [0.25, 0.3) is 10.9 Å². The van der Waals surface area contributed by atoms with Crippen LogP contribution in [0.15, 0.2) is 67.1 Å². The molecule has 1 amide bonds. The van der Waals surface area contributed by atoms with E-state index in [0.29, 0.717) is 37.0 Å². The van der Waals surface area contributed by atoms with Gasteiger partial charge in [-0.2, -0.15) is 0 Å². The first-order valence-electron chi connectivity index (χ1n) is 10.9. The first-order valence-corrected chi connectivity index (χ1v) is 10.9. The number of nitrogens with zero attached hydrogens (tertiary/aromatic N) is 5. The Labute approximate surface area is 186 Å². The number of rotatable bonds is 5. The van der Waals surface area contributed by atoms with E-state index >= 15 is 0 Å². The third kappa shape index (κ3) is 3.93. The van der Waals surface area contributed by atoms with Gasteiger partial charge in [-0.15, -0.1) is 0 Å². The Bertz CT molecular complexity index is 1230. The maximum absolute atomic E-state index is 13.2. The highest BCUT2D eigenvalue weighted by molar-refractivity contribution is 5.97. The van der Waals surface area contributed by atoms with Crippen LogP contribution in [0, 0.1) is 0 Å². The van der Waals surface area contributed by atoms with E-state index < -0.39 is 0 Å². The zero-order valence-electron chi connectivity index (χ0n) is 18.0. The number of ether oxygens (including phenoxy) is 1. The van der Waals surface area contributed by atoms with E-state index in [1.165, 1.54) is 0 Å². The SMILES string of the molecule is COc1cc(C(=O)N2CCC(c3nccn3Cc3ccccn3)CC2)nc2ccccc12. The van der Waals surface area contributed by atoms with Crippen LogP contribution >= 0.6 is 0 Å². The molecule has 1 fully saturated rings. The molecule has 0 radical (unpaired) electrons. The average Bonchev–Trinajstić information content (AvgIpc) is 3.31. The fourth-order valence-corrected chi connectivity index (χ4v) is 4.41. The van der Waals surface area contributed by atoms with Gasteiger partial charge in [0.25, 0.3) is 5.91 Å². The predicted octanol–water partition coefficient (Wildman–Crippen LogP) is 3.90. The van der Waals surface area contributed by atoms with E-state index in [-0.39, 0.29) is 5.91 Å². The Hall–Kier alpha value is -3.74. The fourth-order valence-electron chi connectivity index (χ4n) is 4.41. The number of carbonyl (C=O) groups excluding carboxylic acids is 1. The molecule has 7 heteroatoms. The van der Waals surface area contributed by atoms with Crippen molar-refractivity contribution >= 4 is 16.8 Å². The summed E-state index contributed by atoms with van der Waals surface area (Å²) in [5.41, 5.74) is 2.20. The van der Waals surface area contributed by atoms with E-state index in [1.54, 1.807) is 13.2 Å². The number of fused-ring (bicyclic) bond motifs is 1. The first-order chi connectivity index (χ1) is 15.7. The van der Waals surface area contributed by atoms with Gasteiger partial charge in [-0.1, -0.05) is 18.2 Å². The van der Waals surface area contributed by atoms with E-state index in [0.717, 1.165) is 35.3 Å². The molecular formula is C25H25N5O2. The van der Waals surface area contributed by atoms with Crippen molar-refractivity contribution in [3.63, 3.8) is 0 Å². The third-order valence-corrected chi connectivity index (χ3v) is 6.07. The molecule has 0 saturated carbocycles. The molecular weight excluding hydrogens is 402 g/mol. The number of benzene rings is 1. The minimum atomic E-state index is -0.0515. The van der Waals surface area contributed by atoms with Crippen molar-refractivity contribution in [1.29, 1.82) is 0 Å². The standard InChI is InChI=1S/C25H25N5O2/c1-32-23-16-22(28-21-8-3-2-7-20(21)23)25(31)29-13-9-18(10-14-29)24-27-12-15-30(24)17-19-6-4-5-11-26-19/h2-8,11-12,15-16,18H,9-10,13-14,17H2,1H3. The van der Waals surface area contributed by atoms with Crippen LogP contribution in [0.3, 0.4) is 0 Å². The van der Waals surface area contributed by atoms with Gasteiger partial charge in [0.15, 0.2) is 0 Å². The topological polar surface area (TPSA) is 73.1 Å². The van der Waals surface area contributed by atoms with Crippen molar-refractivity contribution in [2.24, 2.45) is 0 Å². The number of likely N-dealkylation sites (tertiary alicyclic amines) is 1. The molecule has 3 aromatic heterocycles. The van der Waals surface area contributed by atoms with Gasteiger partial charge in [0, 0.05) is 49.1 Å². The highest BCUT2D eigenvalue weighted by Gasteiger charge is 2.28. The number of imidazole rings is 1. The Morgan fingerprint density at radius 1 is 1.06 bits per heavy atom. The van der Waals surface area contributed by atoms with Gasteiger partial charge in [-0.25, -0.2) is 9.97 Å². The van der Waals surface area contributed by atoms with Gasteiger partial charge in [0.2, 0.25) is 0 Å². The van der Waals surface area contributed by atoms with Crippen LogP contribution in [-0.2, 0) is 6.54 Å². The van der Waals surface area contributed by atoms with Gasteiger partial charge < -0.3 is 14.2 Å². The molecule has 1 aromatic carbocycles. The lowest BCUT2D eigenvalue weighted by atomic mass is 9.95. The predicted molar refractivity (Wildman–Crippen MR) is 122 cm³/mol. The molecule has 0 spiro atoms. The van der Waals surface area contributed by atoms with E-state index in [4.69, 9.17) is 4.74 Å². The Balaban J connectivity index is 1.29. The second kappa shape index (κ2) is 8.78. The van der Waals surface area contributed by atoms with Gasteiger partial charge in [0.1, 0.15) is 17.3 Å². The Morgan fingerprint density at radius 2 is 1.88 bits per heavy atom. The minimum Gasteiger partial charge on any atom is -0.496 e. The number of aromatic nitrogens is 4. The molecule has 4 heterocycles. The first kappa shape index (κ1) is 20.2. The number of piperidine rings is 1. The van der Waals surface area contributed by atoms with Crippen molar-refractivity contribution in [1.82, 2.24) is 24.4 Å². The molecule has 32 heavy (non-hydrogen) atoms. The maximum atomic E-state index is 13.2. The van der Waals surface area contributed by atoms with Gasteiger partial charge in [-0.3, -0.25) is 9.78 Å². The Kier molecular flexibility index (Phi) is 5.54. The van der Waals surface area contributed by atoms with Gasteiger partial charge >= 0.3 is 0 Å². The number of hydrogen-bond acceptors (Lipinski definition) is 5. The lowest BCUT2D eigenvalue weighted by Crippen LogP contribution is -2.38. The summed E-state index contributed by atoms with van der Waals surface area (Å²) >= 11 is 0. The van der Waals surface area contributed by atoms with Crippen molar-refractivity contribution in [2.75, 3.05) is 20.2 Å². The summed E-state index contributed by atoms with van der Waals surface area (Å²) in [5, 5.41) is 0.907. The number of methoxy groups -OCH3 is 1. The molecule has 4 aromatic rings. The van der Waals surface area contributed by atoms with Gasteiger partial charge in [-0.05, 0) is 37.1 Å². The normalized spacial score (nSPS) is 14.6. The van der Waals surface area contributed by atoms with Crippen molar-refractivity contribution < 1.29 is 9.53 Å². The summed E-state index contributed by atoms with van der Waals surface area (Å²) in [6, 6.07) is 15.4. The summed E-state index contributed by atoms with van der Waals surface area (Å²) < 4.78 is 7.67. The van der Waals surface area contributed by atoms with E-state index in [1.807, 2.05) is 66.0 Å². The van der Waals surface area contributed by atoms with Crippen LogP contribution in [0.2, 0.25) is 0 Å². The monoisotopic (exact) mass is 427 g/mol. The van der Waals surface area contributed by atoms with E-state index in [2.05, 4.69) is 19.5 Å². The molecule has 0 aliphatic carbocycles. The highest BCUT2D eigenvalue weighted by Crippen LogP contribution is 2.29. The average molecular weight is 428 g/mol. The van der Waals surface area contributed by atoms with Crippen LogP contribution < -0.4 is 4.74 Å². The largest absolute Gasteiger partial charge is 0.496 e. The number of carbonyl (C=O) groups is 1. The molecule has 7 nitrogen and oxygen atoms in total. The molecule has 1 aliphatic rings. The summed E-state index contributed by atoms with van der Waals surface area (Å²) in [7, 11) is 1.62. The van der Waals surface area contributed by atoms with Gasteiger partial charge in [0.05, 0.1) is 24.9 Å². The molecule has 1 aliphatic heterocycles. The molecule has 0 atom stereocenters. The lowest BCUT2D eigenvalue weighted by Gasteiger charge is -2.31. The summed E-state index contributed by atoms with van der Waals surface area (Å²) in [4.78, 5) is 28.7. The molecule has 1 saturated heterocycles. The molecule has 0 N–H and O–H groups in total. The zero-order valence-corrected chi connectivity index (χ0v) is 18.0. The van der Waals surface area contributed by atoms with Crippen LogP contribution in [0.5, 0.6) is 5.75 Å². The zero-order chi connectivity index (χ0) is 21.9. The number of hydrogen-bond donors (Lipinski definition) is 0. The van der Waals surface area contributed by atoms with Crippen LogP contribution in [0.4, 0.5) is 0 Å². The Morgan fingerprint density at radius 3 is 2.66 bits per heavy atom. The minimum absolute atomic E-state index is 0.0515. The number of amides is 1. The van der Waals surface area contributed by atoms with E-state index in [9.17, 15) is 4.79 Å². The smallest absolute Gasteiger partial charge is 0.272 e. The summed E-state index contributed by atoms with van der Waals surface area (Å²) in [6.07, 6.45) is 7.41. The fraction of sp³-hybridized carbons (Fsp3) is 0.280. The summed E-state index contributed by atoms with van der Waals surface area (Å²) in [6.45, 7) is 2.06. The van der Waals surface area contributed by atoms with Crippen molar-refractivity contribution in [3.8, 4) is 5.75 Å². The molecule has 5 rings (SSSR count). The summed E-state index contributed by atoms with van der Waals surface area (Å²) in [5.74, 6) is 2.00. The van der Waals surface area contributed by atoms with Crippen molar-refractivity contribution in [3.05, 3.63) is 84.3 Å². The van der Waals surface area contributed by atoms with Crippen molar-refractivity contribution in [2.45, 2.75) is 25.3 Å². The quantitative estimate of drug-likeness (QED) is 0.483. The third-order valence-electron chi connectivity index (χ3n) is 6.07. The molecule has 0 unspecified atom stereocenters. The lowest BCUT2D eigenvalue weighted by molar-refractivity contribution is 0.0704. The maximum Gasteiger partial charge on any atom is 0.272 e. The number of pyridine rings is 2. The second-order valence-corrected chi connectivity index (χ2v) is 8.03. The molecule has 162 valence electrons. The van der Waals surface area contributed by atoms with Crippen LogP contribution in [0.1, 0.15) is 40.8 Å². The van der Waals surface area contributed by atoms with Crippen LogP contribution in [-0.4, -0.2) is 50.5 Å².